The fourth-order valence-electron chi connectivity index (χ4n) is 4.79. The second-order valence-corrected chi connectivity index (χ2v) is 9.76. The topological polar surface area (TPSA) is 104 Å². The van der Waals surface area contributed by atoms with Crippen LogP contribution in [0.3, 0.4) is 0 Å². The molecule has 2 aliphatic carbocycles. The second kappa shape index (κ2) is 6.95. The molecule has 3 amide bonds. The highest BCUT2D eigenvalue weighted by Crippen LogP contribution is 2.60. The van der Waals surface area contributed by atoms with Gasteiger partial charge in [-0.25, -0.2) is 4.79 Å². The SMILES string of the molecule is Cc1ccc(C(=O)O)cc1NC(=O)CN1C(=O)[C@@H]2[C@H]3C[C@@H]([C@H](Br)[C@@H]3Br)[C@@H]2C1=O. The molecule has 6 atom stereocenters. The third-order valence-electron chi connectivity index (χ3n) is 6.14. The quantitative estimate of drug-likeness (QED) is 0.475. The number of aryl methyl sites for hydroxylation is 1. The lowest BCUT2D eigenvalue weighted by molar-refractivity contribution is -0.143. The van der Waals surface area contributed by atoms with Crippen LogP contribution in [0.15, 0.2) is 18.2 Å². The van der Waals surface area contributed by atoms with E-state index in [0.29, 0.717) is 11.3 Å². The van der Waals surface area contributed by atoms with Gasteiger partial charge in [-0.15, -0.1) is 0 Å². The van der Waals surface area contributed by atoms with Gasteiger partial charge in [0.05, 0.1) is 17.4 Å². The predicted molar refractivity (Wildman–Crippen MR) is 107 cm³/mol. The van der Waals surface area contributed by atoms with Crippen molar-refractivity contribution in [2.24, 2.45) is 23.7 Å². The van der Waals surface area contributed by atoms with E-state index in [2.05, 4.69) is 37.2 Å². The van der Waals surface area contributed by atoms with Crippen molar-refractivity contribution in [3.8, 4) is 0 Å². The number of carboxylic acids is 1. The van der Waals surface area contributed by atoms with Gasteiger partial charge in [0.15, 0.2) is 0 Å². The Morgan fingerprint density at radius 2 is 1.71 bits per heavy atom. The van der Waals surface area contributed by atoms with E-state index in [-0.39, 0.29) is 57.2 Å². The number of carbonyl (C=O) groups is 4. The number of carbonyl (C=O) groups excluding carboxylic acids is 3. The van der Waals surface area contributed by atoms with Gasteiger partial charge in [0.25, 0.3) is 0 Å². The molecule has 1 saturated heterocycles. The summed E-state index contributed by atoms with van der Waals surface area (Å²) in [5.74, 6) is -2.71. The van der Waals surface area contributed by atoms with Crippen molar-refractivity contribution in [3.63, 3.8) is 0 Å². The van der Waals surface area contributed by atoms with Crippen molar-refractivity contribution in [1.82, 2.24) is 4.90 Å². The van der Waals surface area contributed by atoms with E-state index in [1.807, 2.05) is 0 Å². The van der Waals surface area contributed by atoms with Gasteiger partial charge in [0.2, 0.25) is 17.7 Å². The number of anilines is 1. The number of nitrogens with one attached hydrogen (secondary N) is 1. The summed E-state index contributed by atoms with van der Waals surface area (Å²) >= 11 is 7.26. The first-order chi connectivity index (χ1) is 13.2. The predicted octanol–water partition coefficient (Wildman–Crippen LogP) is 2.41. The summed E-state index contributed by atoms with van der Waals surface area (Å²) in [6.45, 7) is 1.38. The molecule has 3 fully saturated rings. The molecular formula is C19H18Br2N2O5. The summed E-state index contributed by atoms with van der Waals surface area (Å²) in [4.78, 5) is 50.7. The number of aromatic carboxylic acids is 1. The normalized spacial score (nSPS) is 33.3. The Bertz CT molecular complexity index is 872. The van der Waals surface area contributed by atoms with Gasteiger partial charge < -0.3 is 10.4 Å². The maximum Gasteiger partial charge on any atom is 0.335 e. The molecule has 148 valence electrons. The molecule has 1 aromatic carbocycles. The van der Waals surface area contributed by atoms with Crippen LogP contribution in [0.1, 0.15) is 22.3 Å². The van der Waals surface area contributed by atoms with E-state index in [1.54, 1.807) is 13.0 Å². The van der Waals surface area contributed by atoms with E-state index in [4.69, 9.17) is 5.11 Å². The van der Waals surface area contributed by atoms with Crippen molar-refractivity contribution in [1.29, 1.82) is 0 Å². The number of benzene rings is 1. The number of fused-ring (bicyclic) bond motifs is 5. The van der Waals surface area contributed by atoms with E-state index in [1.165, 1.54) is 12.1 Å². The van der Waals surface area contributed by atoms with Crippen LogP contribution in [0.2, 0.25) is 0 Å². The average Bonchev–Trinajstić information content (AvgIpc) is 3.24. The van der Waals surface area contributed by atoms with Gasteiger partial charge in [0.1, 0.15) is 6.54 Å². The van der Waals surface area contributed by atoms with Crippen LogP contribution in [0.4, 0.5) is 5.69 Å². The van der Waals surface area contributed by atoms with Crippen LogP contribution in [0.5, 0.6) is 0 Å². The first-order valence-electron chi connectivity index (χ1n) is 8.98. The third kappa shape index (κ3) is 2.90. The van der Waals surface area contributed by atoms with Crippen molar-refractivity contribution in [2.75, 3.05) is 11.9 Å². The van der Waals surface area contributed by atoms with E-state index in [9.17, 15) is 19.2 Å². The fourth-order valence-corrected chi connectivity index (χ4v) is 6.66. The van der Waals surface area contributed by atoms with Crippen LogP contribution in [-0.2, 0) is 14.4 Å². The van der Waals surface area contributed by atoms with Crippen molar-refractivity contribution in [3.05, 3.63) is 29.3 Å². The zero-order chi connectivity index (χ0) is 20.3. The highest BCUT2D eigenvalue weighted by molar-refractivity contribution is 9.12. The molecule has 1 aromatic rings. The largest absolute Gasteiger partial charge is 0.478 e. The molecule has 9 heteroatoms. The number of nitrogens with zero attached hydrogens (tertiary/aromatic N) is 1. The van der Waals surface area contributed by atoms with Crippen LogP contribution in [0, 0.1) is 30.6 Å². The number of halogens is 2. The number of alkyl halides is 2. The number of hydrogen-bond donors (Lipinski definition) is 2. The highest BCUT2D eigenvalue weighted by Gasteiger charge is 2.66. The summed E-state index contributed by atoms with van der Waals surface area (Å²) < 4.78 is 0. The molecule has 0 radical (unpaired) electrons. The summed E-state index contributed by atoms with van der Waals surface area (Å²) in [7, 11) is 0. The summed E-state index contributed by atoms with van der Waals surface area (Å²) in [6.07, 6.45) is 0.833. The zero-order valence-corrected chi connectivity index (χ0v) is 18.1. The van der Waals surface area contributed by atoms with Crippen molar-refractivity contribution >= 4 is 61.2 Å². The Labute approximate surface area is 178 Å². The average molecular weight is 514 g/mol. The zero-order valence-electron chi connectivity index (χ0n) is 14.9. The molecule has 3 aliphatic rings. The smallest absolute Gasteiger partial charge is 0.335 e. The minimum atomic E-state index is -1.10. The molecule has 2 bridgehead atoms. The molecule has 4 rings (SSSR count). The maximum absolute atomic E-state index is 12.8. The monoisotopic (exact) mass is 512 g/mol. The minimum absolute atomic E-state index is 0.0482. The first-order valence-corrected chi connectivity index (χ1v) is 10.8. The Hall–Kier alpha value is -1.74. The summed E-state index contributed by atoms with van der Waals surface area (Å²) in [6, 6.07) is 4.41. The van der Waals surface area contributed by atoms with Crippen molar-refractivity contribution < 1.29 is 24.3 Å². The standard InChI is InChI=1S/C19H18Br2N2O5/c1-7-2-3-8(19(27)28)4-11(7)22-12(24)6-23-17(25)13-9-5-10(14(13)18(23)26)16(21)15(9)20/h2-4,9-10,13-16H,5-6H2,1H3,(H,22,24)(H,27,28)/t9-,10-,13-,14+,15-,16+/m1/s1. The Morgan fingerprint density at radius 1 is 1.14 bits per heavy atom. The minimum Gasteiger partial charge on any atom is -0.478 e. The molecule has 1 aliphatic heterocycles. The van der Waals surface area contributed by atoms with Crippen molar-refractivity contribution in [2.45, 2.75) is 23.0 Å². The Kier molecular flexibility index (Phi) is 4.86. The molecule has 2 saturated carbocycles. The highest BCUT2D eigenvalue weighted by atomic mass is 79.9. The van der Waals surface area contributed by atoms with Crippen LogP contribution < -0.4 is 5.32 Å². The molecule has 28 heavy (non-hydrogen) atoms. The maximum atomic E-state index is 12.8. The second-order valence-electron chi connectivity index (χ2n) is 7.65. The van der Waals surface area contributed by atoms with Gasteiger partial charge in [-0.3, -0.25) is 19.3 Å². The molecule has 0 spiro atoms. The lowest BCUT2D eigenvalue weighted by atomic mass is 9.81. The number of imide groups is 1. The lowest BCUT2D eigenvalue weighted by Crippen LogP contribution is -2.39. The van der Waals surface area contributed by atoms with Crippen LogP contribution >= 0.6 is 31.9 Å². The first kappa shape index (κ1) is 19.6. The van der Waals surface area contributed by atoms with Gasteiger partial charge in [-0.05, 0) is 42.9 Å². The van der Waals surface area contributed by atoms with Crippen LogP contribution in [-0.4, -0.2) is 49.9 Å². The van der Waals surface area contributed by atoms with Crippen LogP contribution in [0.25, 0.3) is 0 Å². The number of likely N-dealkylation sites (tertiary alicyclic amines) is 1. The van der Waals surface area contributed by atoms with Gasteiger partial charge in [-0.1, -0.05) is 37.9 Å². The Morgan fingerprint density at radius 3 is 2.25 bits per heavy atom. The third-order valence-corrected chi connectivity index (χ3v) is 9.35. The lowest BCUT2D eigenvalue weighted by Gasteiger charge is -2.28. The molecular weight excluding hydrogens is 496 g/mol. The number of hydrogen-bond acceptors (Lipinski definition) is 4. The molecule has 2 N–H and O–H groups in total. The molecule has 7 nitrogen and oxygen atoms in total. The van der Waals surface area contributed by atoms with Gasteiger partial charge in [-0.2, -0.15) is 0 Å². The summed E-state index contributed by atoms with van der Waals surface area (Å²) in [5, 5.41) is 11.7. The number of carboxylic acid groups (broad SMARTS) is 1. The Balaban J connectivity index is 1.49. The van der Waals surface area contributed by atoms with E-state index < -0.39 is 11.9 Å². The van der Waals surface area contributed by atoms with Gasteiger partial charge in [0, 0.05) is 15.3 Å². The molecule has 0 unspecified atom stereocenters. The number of amides is 3. The number of rotatable bonds is 4. The van der Waals surface area contributed by atoms with E-state index >= 15 is 0 Å². The summed E-state index contributed by atoms with van der Waals surface area (Å²) in [5.41, 5.74) is 1.09. The van der Waals surface area contributed by atoms with E-state index in [0.717, 1.165) is 11.3 Å². The van der Waals surface area contributed by atoms with Gasteiger partial charge >= 0.3 is 5.97 Å². The molecule has 1 heterocycles. The fraction of sp³-hybridized carbons (Fsp3) is 0.474. The molecule has 0 aromatic heterocycles.